The van der Waals surface area contributed by atoms with E-state index in [0.29, 0.717) is 29.4 Å². The molecule has 0 atom stereocenters. The molecule has 0 unspecified atom stereocenters. The number of nitrogen functional groups attached to an aromatic ring is 1. The number of nitrogens with two attached hydrogens (primary N) is 1. The molecule has 100 valence electrons. The fourth-order valence-electron chi connectivity index (χ4n) is 1.69. The van der Waals surface area contributed by atoms with Crippen LogP contribution in [0.2, 0.25) is 5.02 Å². The lowest BCUT2D eigenvalue weighted by Crippen LogP contribution is -2.27. The number of benzene rings is 1. The third-order valence-corrected chi connectivity index (χ3v) is 2.95. The van der Waals surface area contributed by atoms with E-state index in [-0.39, 0.29) is 5.91 Å². The Kier molecular flexibility index (Phi) is 4.06. The Hall–Kier alpha value is -2.01. The first kappa shape index (κ1) is 13.4. The van der Waals surface area contributed by atoms with Crippen LogP contribution in [-0.2, 0) is 6.54 Å². The molecule has 0 fully saturated rings. The molecular formula is C13H15ClN4O. The quantitative estimate of drug-likeness (QED) is 0.839. The van der Waals surface area contributed by atoms with Crippen molar-refractivity contribution in [2.45, 2.75) is 13.5 Å². The van der Waals surface area contributed by atoms with Crippen molar-refractivity contribution >= 4 is 23.2 Å². The van der Waals surface area contributed by atoms with Crippen LogP contribution in [-0.4, -0.2) is 22.2 Å². The molecule has 0 aliphatic rings. The van der Waals surface area contributed by atoms with Gasteiger partial charge in [-0.15, -0.1) is 0 Å². The minimum atomic E-state index is -0.235. The molecule has 0 spiro atoms. The number of aromatic nitrogens is 2. The monoisotopic (exact) mass is 278 g/mol. The Bertz CT molecular complexity index is 594. The van der Waals surface area contributed by atoms with Gasteiger partial charge in [-0.3, -0.25) is 9.48 Å². The van der Waals surface area contributed by atoms with E-state index in [2.05, 4.69) is 10.4 Å². The van der Waals surface area contributed by atoms with Gasteiger partial charge in [0.25, 0.3) is 5.91 Å². The normalized spacial score (nSPS) is 10.4. The van der Waals surface area contributed by atoms with Gasteiger partial charge >= 0.3 is 0 Å². The fourth-order valence-corrected chi connectivity index (χ4v) is 1.89. The summed E-state index contributed by atoms with van der Waals surface area (Å²) < 4.78 is 1.77. The van der Waals surface area contributed by atoms with Crippen molar-refractivity contribution in [2.24, 2.45) is 0 Å². The average Bonchev–Trinajstić information content (AvgIpc) is 2.78. The maximum Gasteiger partial charge on any atom is 0.252 e. The van der Waals surface area contributed by atoms with Gasteiger partial charge in [0.05, 0.1) is 23.3 Å². The van der Waals surface area contributed by atoms with Crippen molar-refractivity contribution in [1.29, 1.82) is 0 Å². The van der Waals surface area contributed by atoms with Crippen LogP contribution in [0.25, 0.3) is 0 Å². The summed E-state index contributed by atoms with van der Waals surface area (Å²) in [6.07, 6.45) is 3.69. The molecule has 5 nitrogen and oxygen atoms in total. The summed E-state index contributed by atoms with van der Waals surface area (Å²) in [5.74, 6) is -0.235. The number of amides is 1. The predicted octanol–water partition coefficient (Wildman–Crippen LogP) is 1.86. The summed E-state index contributed by atoms with van der Waals surface area (Å²) in [4.78, 5) is 11.9. The summed E-state index contributed by atoms with van der Waals surface area (Å²) in [6.45, 7) is 3.05. The molecule has 2 rings (SSSR count). The van der Waals surface area contributed by atoms with Crippen LogP contribution in [0.5, 0.6) is 0 Å². The van der Waals surface area contributed by atoms with E-state index in [1.807, 2.05) is 13.1 Å². The molecule has 1 aromatic carbocycles. The second-order valence-electron chi connectivity index (χ2n) is 4.28. The van der Waals surface area contributed by atoms with Crippen molar-refractivity contribution in [3.05, 3.63) is 46.7 Å². The highest BCUT2D eigenvalue weighted by atomic mass is 35.5. The molecule has 1 aromatic heterocycles. The maximum atomic E-state index is 11.9. The van der Waals surface area contributed by atoms with E-state index in [9.17, 15) is 4.79 Å². The summed E-state index contributed by atoms with van der Waals surface area (Å²) in [5.41, 5.74) is 7.62. The first-order chi connectivity index (χ1) is 9.06. The van der Waals surface area contributed by atoms with Gasteiger partial charge in [0.15, 0.2) is 0 Å². The summed E-state index contributed by atoms with van der Waals surface area (Å²) >= 11 is 5.96. The minimum Gasteiger partial charge on any atom is -0.399 e. The highest BCUT2D eigenvalue weighted by Crippen LogP contribution is 2.18. The molecule has 0 aliphatic heterocycles. The van der Waals surface area contributed by atoms with Crippen LogP contribution < -0.4 is 11.1 Å². The van der Waals surface area contributed by atoms with Crippen LogP contribution in [0.4, 0.5) is 5.69 Å². The number of hydrogen-bond donors (Lipinski definition) is 2. The summed E-state index contributed by atoms with van der Waals surface area (Å²) in [7, 11) is 0. The third-order valence-electron chi connectivity index (χ3n) is 2.62. The zero-order valence-corrected chi connectivity index (χ0v) is 11.3. The van der Waals surface area contributed by atoms with Gasteiger partial charge in [0.1, 0.15) is 0 Å². The molecule has 0 saturated carbocycles. The second-order valence-corrected chi connectivity index (χ2v) is 4.68. The number of halogens is 1. The molecular weight excluding hydrogens is 264 g/mol. The lowest BCUT2D eigenvalue weighted by molar-refractivity contribution is 0.0952. The highest BCUT2D eigenvalue weighted by molar-refractivity contribution is 6.34. The number of nitrogens with zero attached hydrogens (tertiary/aromatic N) is 2. The molecule has 0 radical (unpaired) electrons. The van der Waals surface area contributed by atoms with Crippen molar-refractivity contribution in [3.8, 4) is 0 Å². The SMILES string of the molecule is Cc1cnn(CCNC(=O)c2cc(N)ccc2Cl)c1. The first-order valence-electron chi connectivity index (χ1n) is 5.88. The van der Waals surface area contributed by atoms with E-state index in [1.165, 1.54) is 0 Å². The molecule has 1 heterocycles. The molecule has 3 N–H and O–H groups in total. The number of anilines is 1. The lowest BCUT2D eigenvalue weighted by atomic mass is 10.2. The predicted molar refractivity (Wildman–Crippen MR) is 75.2 cm³/mol. The van der Waals surface area contributed by atoms with Gasteiger partial charge in [0, 0.05) is 18.4 Å². The Morgan fingerprint density at radius 3 is 3.00 bits per heavy atom. The van der Waals surface area contributed by atoms with Crippen LogP contribution in [0, 0.1) is 6.92 Å². The van der Waals surface area contributed by atoms with E-state index in [1.54, 1.807) is 29.1 Å². The minimum absolute atomic E-state index is 0.235. The van der Waals surface area contributed by atoms with Crippen molar-refractivity contribution in [1.82, 2.24) is 15.1 Å². The topological polar surface area (TPSA) is 72.9 Å². The smallest absolute Gasteiger partial charge is 0.252 e. The Morgan fingerprint density at radius 2 is 2.32 bits per heavy atom. The summed E-state index contributed by atoms with van der Waals surface area (Å²) in [5, 5.41) is 7.31. The van der Waals surface area contributed by atoms with Gasteiger partial charge in [-0.1, -0.05) is 11.6 Å². The van der Waals surface area contributed by atoms with Crippen LogP contribution in [0.3, 0.4) is 0 Å². The molecule has 2 aromatic rings. The van der Waals surface area contributed by atoms with Gasteiger partial charge in [-0.05, 0) is 30.7 Å². The molecule has 6 heteroatoms. The zero-order chi connectivity index (χ0) is 13.8. The van der Waals surface area contributed by atoms with E-state index in [4.69, 9.17) is 17.3 Å². The Morgan fingerprint density at radius 1 is 1.53 bits per heavy atom. The average molecular weight is 279 g/mol. The number of hydrogen-bond acceptors (Lipinski definition) is 3. The van der Waals surface area contributed by atoms with Gasteiger partial charge in [0.2, 0.25) is 0 Å². The second kappa shape index (κ2) is 5.75. The van der Waals surface area contributed by atoms with Crippen molar-refractivity contribution in [2.75, 3.05) is 12.3 Å². The molecule has 0 bridgehead atoms. The van der Waals surface area contributed by atoms with Gasteiger partial charge < -0.3 is 11.1 Å². The van der Waals surface area contributed by atoms with Crippen LogP contribution in [0.15, 0.2) is 30.6 Å². The largest absolute Gasteiger partial charge is 0.399 e. The van der Waals surface area contributed by atoms with E-state index >= 15 is 0 Å². The number of nitrogens with one attached hydrogen (secondary N) is 1. The molecule has 1 amide bonds. The van der Waals surface area contributed by atoms with Crippen molar-refractivity contribution < 1.29 is 4.79 Å². The zero-order valence-electron chi connectivity index (χ0n) is 10.6. The Balaban J connectivity index is 1.92. The number of rotatable bonds is 4. The van der Waals surface area contributed by atoms with E-state index in [0.717, 1.165) is 5.56 Å². The van der Waals surface area contributed by atoms with Gasteiger partial charge in [-0.2, -0.15) is 5.10 Å². The maximum absolute atomic E-state index is 11.9. The van der Waals surface area contributed by atoms with Crippen molar-refractivity contribution in [3.63, 3.8) is 0 Å². The summed E-state index contributed by atoms with van der Waals surface area (Å²) in [6, 6.07) is 4.84. The van der Waals surface area contributed by atoms with Gasteiger partial charge in [-0.25, -0.2) is 0 Å². The number of carbonyl (C=O) groups excluding carboxylic acids is 1. The third kappa shape index (κ3) is 3.48. The highest BCUT2D eigenvalue weighted by Gasteiger charge is 2.10. The number of carbonyl (C=O) groups is 1. The van der Waals surface area contributed by atoms with Crippen LogP contribution >= 0.6 is 11.6 Å². The molecule has 0 aliphatic carbocycles. The van der Waals surface area contributed by atoms with E-state index < -0.39 is 0 Å². The molecule has 0 saturated heterocycles. The molecule has 19 heavy (non-hydrogen) atoms. The van der Waals surface area contributed by atoms with Crippen LogP contribution in [0.1, 0.15) is 15.9 Å². The first-order valence-corrected chi connectivity index (χ1v) is 6.26. The lowest BCUT2D eigenvalue weighted by Gasteiger charge is -2.07. The fraction of sp³-hybridized carbons (Fsp3) is 0.231. The Labute approximate surface area is 116 Å². The standard InChI is InChI=1S/C13H15ClN4O/c1-9-7-17-18(8-9)5-4-16-13(19)11-6-10(15)2-3-12(11)14/h2-3,6-8H,4-5,15H2,1H3,(H,16,19). The number of aryl methyl sites for hydroxylation is 1.